The van der Waals surface area contributed by atoms with Crippen LogP contribution in [0.1, 0.15) is 39.3 Å². The average Bonchev–Trinajstić information content (AvgIpc) is 3.57. The molecule has 6 N–H and O–H groups in total. The average molecular weight is 706 g/mol. The van der Waals surface area contributed by atoms with Crippen molar-refractivity contribution in [3.05, 3.63) is 60.0 Å². The third-order valence-corrected chi connectivity index (χ3v) is 9.69. The van der Waals surface area contributed by atoms with Crippen LogP contribution in [-0.4, -0.2) is 78.0 Å². The molecule has 0 bridgehead atoms. The zero-order valence-electron chi connectivity index (χ0n) is 25.8. The highest BCUT2D eigenvalue weighted by Gasteiger charge is 2.61. The Bertz CT molecular complexity index is 1700. The molecule has 20 heteroatoms. The number of rotatable bonds is 16. The Morgan fingerprint density at radius 1 is 1.19 bits per heavy atom. The number of hydrogen-bond donors (Lipinski definition) is 6. The molecule has 1 aromatic carbocycles. The molecule has 260 valence electrons. The van der Waals surface area contributed by atoms with E-state index in [1.54, 1.807) is 18.2 Å². The molecule has 0 aliphatic carbocycles. The summed E-state index contributed by atoms with van der Waals surface area (Å²) in [6.07, 6.45) is 0.184. The molecule has 0 radical (unpaired) electrons. The van der Waals surface area contributed by atoms with Crippen LogP contribution in [0.3, 0.4) is 0 Å². The summed E-state index contributed by atoms with van der Waals surface area (Å²) >= 11 is 0. The zero-order valence-corrected chi connectivity index (χ0v) is 27.6. The largest absolute Gasteiger partial charge is 0.471 e. The highest BCUT2D eigenvalue weighted by Crippen LogP contribution is 2.49. The van der Waals surface area contributed by atoms with Gasteiger partial charge in [0.15, 0.2) is 17.2 Å². The van der Waals surface area contributed by atoms with Crippen LogP contribution in [-0.2, 0) is 44.8 Å². The highest BCUT2D eigenvalue weighted by molar-refractivity contribution is 7.52. The van der Waals surface area contributed by atoms with E-state index in [1.165, 1.54) is 31.2 Å². The van der Waals surface area contributed by atoms with Crippen molar-refractivity contribution >= 4 is 27.1 Å². The maximum absolute atomic E-state index is 16.2. The van der Waals surface area contributed by atoms with Gasteiger partial charge < -0.3 is 34.0 Å². The van der Waals surface area contributed by atoms with E-state index in [2.05, 4.69) is 14.7 Å². The molecule has 3 heterocycles. The first kappa shape index (κ1) is 36.8. The minimum atomic E-state index is -4.86. The number of para-hydroxylation sites is 1. The van der Waals surface area contributed by atoms with Crippen molar-refractivity contribution < 1.29 is 61.4 Å². The Kier molecular flexibility index (Phi) is 11.4. The monoisotopic (exact) mass is 705 g/mol. The molecule has 4 rings (SSSR count). The second-order valence-electron chi connectivity index (χ2n) is 11.0. The van der Waals surface area contributed by atoms with E-state index < -0.39 is 65.1 Å². The number of carbonyl (C=O) groups is 1. The quantitative estimate of drug-likeness (QED) is 0.0925. The summed E-state index contributed by atoms with van der Waals surface area (Å²) in [4.78, 5) is 30.6. The van der Waals surface area contributed by atoms with E-state index in [0.29, 0.717) is 0 Å². The van der Waals surface area contributed by atoms with Crippen LogP contribution in [0.25, 0.3) is 5.52 Å². The number of phosphoric ester groups is 1. The Morgan fingerprint density at radius 3 is 2.51 bits per heavy atom. The summed E-state index contributed by atoms with van der Waals surface area (Å²) in [5.74, 6) is -3.73. The fourth-order valence-electron chi connectivity index (χ4n) is 4.72. The van der Waals surface area contributed by atoms with E-state index >= 15 is 4.39 Å². The topological polar surface area (TPSA) is 236 Å². The van der Waals surface area contributed by atoms with E-state index in [-0.39, 0.29) is 35.0 Å². The number of aromatic nitrogens is 3. The predicted molar refractivity (Wildman–Crippen MR) is 160 cm³/mol. The maximum atomic E-state index is 16.2. The highest BCUT2D eigenvalue weighted by atomic mass is 31.2. The van der Waals surface area contributed by atoms with Gasteiger partial charge in [-0.3, -0.25) is 23.8 Å². The minimum absolute atomic E-state index is 0.0000695. The van der Waals surface area contributed by atoms with Gasteiger partial charge in [0.05, 0.1) is 18.9 Å². The minimum Gasteiger partial charge on any atom is -0.464 e. The van der Waals surface area contributed by atoms with Crippen molar-refractivity contribution in [3.63, 3.8) is 0 Å². The first-order valence-corrected chi connectivity index (χ1v) is 17.6. The van der Waals surface area contributed by atoms with Crippen molar-refractivity contribution in [2.45, 2.75) is 63.9 Å². The number of phosphoric acid groups is 1. The lowest BCUT2D eigenvalue weighted by Crippen LogP contribution is -2.49. The van der Waals surface area contributed by atoms with Gasteiger partial charge in [-0.15, -0.1) is 0 Å². The second-order valence-corrected chi connectivity index (χ2v) is 13.9. The number of halogens is 1. The van der Waals surface area contributed by atoms with Crippen LogP contribution in [0.5, 0.6) is 5.75 Å². The molecule has 17 nitrogen and oxygen atoms in total. The molecule has 1 unspecified atom stereocenters. The van der Waals surface area contributed by atoms with Gasteiger partial charge in [0, 0.05) is 0 Å². The number of aliphatic hydroxyl groups is 2. The SMILES string of the molecule is CCC(CC)COC(=O)[C@H](C)NP(=O)(OC[C@@]1(F)OC[C@@](O)(c2ccc3c(=N)n(COP(=O)(O)O)cnn23)[C@@H]1O)Oc1ccccc1. The summed E-state index contributed by atoms with van der Waals surface area (Å²) < 4.78 is 68.9. The summed E-state index contributed by atoms with van der Waals surface area (Å²) in [6, 6.07) is 9.05. The van der Waals surface area contributed by atoms with Crippen molar-refractivity contribution in [1.29, 1.82) is 5.41 Å². The number of nitrogens with one attached hydrogen (secondary N) is 2. The third-order valence-electron chi connectivity index (χ3n) is 7.61. The summed E-state index contributed by atoms with van der Waals surface area (Å²) in [7, 11) is -9.44. The zero-order chi connectivity index (χ0) is 34.6. The third kappa shape index (κ3) is 8.53. The van der Waals surface area contributed by atoms with Crippen molar-refractivity contribution in [1.82, 2.24) is 19.3 Å². The summed E-state index contributed by atoms with van der Waals surface area (Å²) in [5, 5.41) is 37.3. The number of esters is 1. The number of nitrogens with zero attached hydrogens (tertiary/aromatic N) is 3. The van der Waals surface area contributed by atoms with Gasteiger partial charge in [0.2, 0.25) is 0 Å². The number of alkyl halides is 1. The number of fused-ring (bicyclic) bond motifs is 1. The molecule has 0 spiro atoms. The number of carbonyl (C=O) groups excluding carboxylic acids is 1. The molecular weight excluding hydrogens is 667 g/mol. The van der Waals surface area contributed by atoms with Crippen LogP contribution in [0.4, 0.5) is 4.39 Å². The molecule has 5 atom stereocenters. The van der Waals surface area contributed by atoms with Crippen molar-refractivity contribution in [2.75, 3.05) is 19.8 Å². The number of benzene rings is 1. The Labute approximate surface area is 268 Å². The normalized spacial score (nSPS) is 23.6. The number of hydrogen-bond acceptors (Lipinski definition) is 12. The molecule has 47 heavy (non-hydrogen) atoms. The predicted octanol–water partition coefficient (Wildman–Crippen LogP) is 2.09. The van der Waals surface area contributed by atoms with Crippen LogP contribution in [0.15, 0.2) is 48.8 Å². The second kappa shape index (κ2) is 14.6. The smallest absolute Gasteiger partial charge is 0.464 e. The van der Waals surface area contributed by atoms with Gasteiger partial charge in [0.1, 0.15) is 37.0 Å². The van der Waals surface area contributed by atoms with Crippen LogP contribution in [0, 0.1) is 11.3 Å². The molecule has 0 saturated carbocycles. The molecule has 2 aromatic heterocycles. The molecule has 0 amide bonds. The first-order valence-electron chi connectivity index (χ1n) is 14.5. The standard InChI is InChI=1S/C27H38FN5O12P2/c1-4-19(5-2)13-41-24(34)18(3)31-46(37,45-20-9-7-6-8-10-20)43-15-27(28)25(35)26(36,14-42-27)22-12-11-21-23(29)32(16-30-33(21)22)17-44-47(38,39)40/h6-12,16,18-19,25,29,35-36H,4-5,13-15,17H2,1-3H3,(H,31,37)(H2,38,39,40)/t18-,25-,26+,27+,46?/m0/s1. The maximum Gasteiger partial charge on any atom is 0.471 e. The van der Waals surface area contributed by atoms with E-state index in [0.717, 1.165) is 28.3 Å². The van der Waals surface area contributed by atoms with Crippen LogP contribution < -0.4 is 15.1 Å². The molecule has 1 fully saturated rings. The fraction of sp³-hybridized carbons (Fsp3) is 0.519. The van der Waals surface area contributed by atoms with Crippen molar-refractivity contribution in [3.8, 4) is 5.75 Å². The molecule has 1 aliphatic heterocycles. The number of aliphatic hydroxyl groups excluding tert-OH is 1. The van der Waals surface area contributed by atoms with Gasteiger partial charge in [0.25, 0.3) is 5.85 Å². The summed E-state index contributed by atoms with van der Waals surface area (Å²) in [5.41, 5.74) is -3.02. The van der Waals surface area contributed by atoms with Gasteiger partial charge in [-0.05, 0) is 37.1 Å². The Balaban J connectivity index is 1.53. The van der Waals surface area contributed by atoms with Crippen LogP contribution in [0.2, 0.25) is 0 Å². The van der Waals surface area contributed by atoms with E-state index in [4.69, 9.17) is 33.7 Å². The Morgan fingerprint density at radius 2 is 1.87 bits per heavy atom. The van der Waals surface area contributed by atoms with Gasteiger partial charge in [-0.2, -0.15) is 10.2 Å². The molecule has 1 saturated heterocycles. The lowest BCUT2D eigenvalue weighted by Gasteiger charge is -2.30. The molecular formula is C27H38FN5O12P2. The number of ether oxygens (including phenoxy) is 2. The van der Waals surface area contributed by atoms with E-state index in [1.807, 2.05) is 13.8 Å². The van der Waals surface area contributed by atoms with Gasteiger partial charge in [-0.25, -0.2) is 18.0 Å². The first-order chi connectivity index (χ1) is 22.0. The summed E-state index contributed by atoms with van der Waals surface area (Å²) in [6.45, 7) is 2.63. The van der Waals surface area contributed by atoms with Gasteiger partial charge >= 0.3 is 21.5 Å². The van der Waals surface area contributed by atoms with Crippen molar-refractivity contribution in [2.24, 2.45) is 5.92 Å². The van der Waals surface area contributed by atoms with E-state index in [9.17, 15) is 24.1 Å². The van der Waals surface area contributed by atoms with Gasteiger partial charge in [-0.1, -0.05) is 44.9 Å². The fourth-order valence-corrected chi connectivity index (χ4v) is 6.50. The Hall–Kier alpha value is -3.02. The molecule has 3 aromatic rings. The lowest BCUT2D eigenvalue weighted by atomic mass is 9.92. The lowest BCUT2D eigenvalue weighted by molar-refractivity contribution is -0.184. The molecule has 1 aliphatic rings. The van der Waals surface area contributed by atoms with Crippen LogP contribution >= 0.6 is 15.6 Å².